The first-order valence-electron chi connectivity index (χ1n) is 8.44. The van der Waals surface area contributed by atoms with Crippen LogP contribution in [0.15, 0.2) is 18.2 Å². The highest BCUT2D eigenvalue weighted by atomic mass is 16.5. The van der Waals surface area contributed by atoms with Gasteiger partial charge in [0.15, 0.2) is 11.5 Å². The van der Waals surface area contributed by atoms with Gasteiger partial charge in [-0.2, -0.15) is 0 Å². The van der Waals surface area contributed by atoms with Crippen molar-refractivity contribution in [1.82, 2.24) is 10.2 Å². The molecule has 0 radical (unpaired) electrons. The number of rotatable bonds is 7. The van der Waals surface area contributed by atoms with Crippen LogP contribution in [0.25, 0.3) is 0 Å². The standard InChI is InChI=1S/C18H28N2O3/c1-4-5-12-23-16-7-6-14(13-17(16)22-3)18(21)19-15-8-10-20(2)11-9-15/h6-7,13,15H,4-5,8-12H2,1-3H3,(H,19,21). The smallest absolute Gasteiger partial charge is 0.251 e. The Morgan fingerprint density at radius 2 is 2.04 bits per heavy atom. The molecule has 1 heterocycles. The molecule has 0 unspecified atom stereocenters. The van der Waals surface area contributed by atoms with Gasteiger partial charge in [-0.05, 0) is 57.6 Å². The summed E-state index contributed by atoms with van der Waals surface area (Å²) in [5.74, 6) is 1.26. The van der Waals surface area contributed by atoms with E-state index in [4.69, 9.17) is 9.47 Å². The molecule has 0 aliphatic carbocycles. The van der Waals surface area contributed by atoms with Crippen molar-refractivity contribution >= 4 is 5.91 Å². The van der Waals surface area contributed by atoms with Crippen molar-refractivity contribution in [3.63, 3.8) is 0 Å². The first-order valence-corrected chi connectivity index (χ1v) is 8.44. The van der Waals surface area contributed by atoms with Gasteiger partial charge in [0.25, 0.3) is 5.91 Å². The maximum atomic E-state index is 12.4. The van der Waals surface area contributed by atoms with E-state index in [9.17, 15) is 4.79 Å². The molecule has 1 amide bonds. The molecule has 2 rings (SSSR count). The summed E-state index contributed by atoms with van der Waals surface area (Å²) in [6.07, 6.45) is 4.08. The molecule has 1 aromatic rings. The molecule has 1 aromatic carbocycles. The van der Waals surface area contributed by atoms with Crippen molar-refractivity contribution in [1.29, 1.82) is 0 Å². The van der Waals surface area contributed by atoms with Crippen molar-refractivity contribution in [2.24, 2.45) is 0 Å². The molecule has 0 aromatic heterocycles. The van der Waals surface area contributed by atoms with Gasteiger partial charge < -0.3 is 19.7 Å². The molecule has 1 fully saturated rings. The average Bonchev–Trinajstić information content (AvgIpc) is 2.57. The summed E-state index contributed by atoms with van der Waals surface area (Å²) in [6.45, 7) is 4.84. The zero-order chi connectivity index (χ0) is 16.7. The second-order valence-electron chi connectivity index (χ2n) is 6.12. The third-order valence-electron chi connectivity index (χ3n) is 4.24. The third-order valence-corrected chi connectivity index (χ3v) is 4.24. The van der Waals surface area contributed by atoms with Gasteiger partial charge in [-0.3, -0.25) is 4.79 Å². The first-order chi connectivity index (χ1) is 11.1. The second kappa shape index (κ2) is 8.77. The van der Waals surface area contributed by atoms with E-state index < -0.39 is 0 Å². The minimum Gasteiger partial charge on any atom is -0.493 e. The van der Waals surface area contributed by atoms with Gasteiger partial charge in [-0.25, -0.2) is 0 Å². The monoisotopic (exact) mass is 320 g/mol. The predicted molar refractivity (Wildman–Crippen MR) is 91.4 cm³/mol. The zero-order valence-corrected chi connectivity index (χ0v) is 14.4. The fraction of sp³-hybridized carbons (Fsp3) is 0.611. The van der Waals surface area contributed by atoms with Crippen LogP contribution in [-0.4, -0.2) is 50.7 Å². The van der Waals surface area contributed by atoms with Crippen molar-refractivity contribution in [3.8, 4) is 11.5 Å². The molecule has 1 aliphatic rings. The highest BCUT2D eigenvalue weighted by Gasteiger charge is 2.19. The number of hydrogen-bond donors (Lipinski definition) is 1. The van der Waals surface area contributed by atoms with E-state index in [-0.39, 0.29) is 11.9 Å². The quantitative estimate of drug-likeness (QED) is 0.785. The molecule has 5 heteroatoms. The van der Waals surface area contributed by atoms with Crippen LogP contribution in [0, 0.1) is 0 Å². The lowest BCUT2D eigenvalue weighted by Crippen LogP contribution is -2.43. The molecule has 1 N–H and O–H groups in total. The van der Waals surface area contributed by atoms with Crippen molar-refractivity contribution in [2.75, 3.05) is 33.9 Å². The Bertz CT molecular complexity index is 511. The zero-order valence-electron chi connectivity index (χ0n) is 14.4. The molecule has 1 aliphatic heterocycles. The van der Waals surface area contributed by atoms with Crippen molar-refractivity contribution in [3.05, 3.63) is 23.8 Å². The van der Waals surface area contributed by atoms with Crippen molar-refractivity contribution in [2.45, 2.75) is 38.6 Å². The first kappa shape index (κ1) is 17.6. The fourth-order valence-corrected chi connectivity index (χ4v) is 2.68. The number of likely N-dealkylation sites (tertiary alicyclic amines) is 1. The number of nitrogens with one attached hydrogen (secondary N) is 1. The summed E-state index contributed by atoms with van der Waals surface area (Å²) < 4.78 is 11.1. The van der Waals surface area contributed by atoms with Gasteiger partial charge >= 0.3 is 0 Å². The number of nitrogens with zero attached hydrogens (tertiary/aromatic N) is 1. The molecule has 0 bridgehead atoms. The Labute approximate surface area is 139 Å². The van der Waals surface area contributed by atoms with Crippen LogP contribution in [0.4, 0.5) is 0 Å². The normalized spacial score (nSPS) is 16.1. The van der Waals surface area contributed by atoms with Gasteiger partial charge in [0.2, 0.25) is 0 Å². The Morgan fingerprint density at radius 3 is 2.70 bits per heavy atom. The van der Waals surface area contributed by atoms with Crippen molar-refractivity contribution < 1.29 is 14.3 Å². The Morgan fingerprint density at radius 1 is 1.30 bits per heavy atom. The van der Waals surface area contributed by atoms with Gasteiger partial charge in [0.05, 0.1) is 13.7 Å². The molecule has 1 saturated heterocycles. The van der Waals surface area contributed by atoms with Gasteiger partial charge in [-0.1, -0.05) is 13.3 Å². The van der Waals surface area contributed by atoms with E-state index in [1.54, 1.807) is 19.2 Å². The SMILES string of the molecule is CCCCOc1ccc(C(=O)NC2CCN(C)CC2)cc1OC. The van der Waals surface area contributed by atoms with E-state index in [0.717, 1.165) is 38.8 Å². The van der Waals surface area contributed by atoms with Crippen LogP contribution >= 0.6 is 0 Å². The van der Waals surface area contributed by atoms with E-state index >= 15 is 0 Å². The van der Waals surface area contributed by atoms with E-state index in [2.05, 4.69) is 24.2 Å². The molecule has 0 saturated carbocycles. The topological polar surface area (TPSA) is 50.8 Å². The second-order valence-corrected chi connectivity index (χ2v) is 6.12. The number of ether oxygens (including phenoxy) is 2. The lowest BCUT2D eigenvalue weighted by Gasteiger charge is -2.29. The summed E-state index contributed by atoms with van der Waals surface area (Å²) in [5, 5.41) is 3.12. The number of carbonyl (C=O) groups excluding carboxylic acids is 1. The largest absolute Gasteiger partial charge is 0.493 e. The Hall–Kier alpha value is -1.75. The lowest BCUT2D eigenvalue weighted by molar-refractivity contribution is 0.0916. The van der Waals surface area contributed by atoms with E-state index in [0.29, 0.717) is 23.7 Å². The Balaban J connectivity index is 1.97. The number of amides is 1. The molecule has 0 spiro atoms. The summed E-state index contributed by atoms with van der Waals surface area (Å²) >= 11 is 0. The average molecular weight is 320 g/mol. The van der Waals surface area contributed by atoms with E-state index in [1.807, 2.05) is 6.07 Å². The molecule has 128 valence electrons. The van der Waals surface area contributed by atoms with Gasteiger partial charge in [0.1, 0.15) is 0 Å². The summed E-state index contributed by atoms with van der Waals surface area (Å²) in [7, 11) is 3.71. The van der Waals surface area contributed by atoms with Crippen LogP contribution < -0.4 is 14.8 Å². The number of hydrogen-bond acceptors (Lipinski definition) is 4. The number of unbranched alkanes of at least 4 members (excludes halogenated alkanes) is 1. The number of methoxy groups -OCH3 is 1. The lowest BCUT2D eigenvalue weighted by atomic mass is 10.0. The highest BCUT2D eigenvalue weighted by molar-refractivity contribution is 5.95. The van der Waals surface area contributed by atoms with Crippen LogP contribution in [0.1, 0.15) is 43.0 Å². The molecule has 0 atom stereocenters. The van der Waals surface area contributed by atoms with Crippen LogP contribution in [0.3, 0.4) is 0 Å². The minimum atomic E-state index is -0.0436. The van der Waals surface area contributed by atoms with Crippen LogP contribution in [0.2, 0.25) is 0 Å². The van der Waals surface area contributed by atoms with Crippen LogP contribution in [0.5, 0.6) is 11.5 Å². The maximum Gasteiger partial charge on any atom is 0.251 e. The Kier molecular flexibility index (Phi) is 6.71. The molecule has 23 heavy (non-hydrogen) atoms. The predicted octanol–water partition coefficient (Wildman–Crippen LogP) is 2.70. The third kappa shape index (κ3) is 5.13. The summed E-state index contributed by atoms with van der Waals surface area (Å²) in [5.41, 5.74) is 0.614. The maximum absolute atomic E-state index is 12.4. The number of piperidine rings is 1. The molecule has 5 nitrogen and oxygen atoms in total. The van der Waals surface area contributed by atoms with Crippen LogP contribution in [-0.2, 0) is 0 Å². The summed E-state index contributed by atoms with van der Waals surface area (Å²) in [6, 6.07) is 5.63. The molecular formula is C18H28N2O3. The summed E-state index contributed by atoms with van der Waals surface area (Å²) in [4.78, 5) is 14.7. The van der Waals surface area contributed by atoms with Gasteiger partial charge in [0, 0.05) is 11.6 Å². The molecular weight excluding hydrogens is 292 g/mol. The van der Waals surface area contributed by atoms with Gasteiger partial charge in [-0.15, -0.1) is 0 Å². The fourth-order valence-electron chi connectivity index (χ4n) is 2.68. The number of carbonyl (C=O) groups is 1. The number of benzene rings is 1. The van der Waals surface area contributed by atoms with E-state index in [1.165, 1.54) is 0 Å². The minimum absolute atomic E-state index is 0.0436. The highest BCUT2D eigenvalue weighted by Crippen LogP contribution is 2.28.